The normalized spacial score (nSPS) is 31.3. The van der Waals surface area contributed by atoms with Gasteiger partial charge in [-0.05, 0) is 33.1 Å². The number of rotatable bonds is 5. The maximum Gasteiger partial charge on any atom is 0.252 e. The first-order valence-electron chi connectivity index (χ1n) is 8.00. The summed E-state index contributed by atoms with van der Waals surface area (Å²) in [7, 11) is 0. The topological polar surface area (TPSA) is 71.0 Å². The van der Waals surface area contributed by atoms with E-state index in [0.29, 0.717) is 6.42 Å². The number of carbonyl (C=O) groups excluding carboxylic acids is 1. The fourth-order valence-electron chi connectivity index (χ4n) is 2.84. The molecule has 3 atom stereocenters. The molecule has 2 saturated heterocycles. The Hall–Kier alpha value is -0.690. The minimum absolute atomic E-state index is 0.0548. The molecular formula is C15H28N2O4. The highest BCUT2D eigenvalue weighted by atomic mass is 16.5. The molecule has 0 aromatic heterocycles. The number of amides is 1. The van der Waals surface area contributed by atoms with E-state index in [9.17, 15) is 9.90 Å². The second-order valence-electron chi connectivity index (χ2n) is 6.23. The lowest BCUT2D eigenvalue weighted by Gasteiger charge is -2.35. The van der Waals surface area contributed by atoms with Gasteiger partial charge in [0.25, 0.3) is 5.91 Å². The van der Waals surface area contributed by atoms with Gasteiger partial charge >= 0.3 is 0 Å². The maximum absolute atomic E-state index is 12.0. The zero-order valence-electron chi connectivity index (χ0n) is 13.1. The van der Waals surface area contributed by atoms with Crippen LogP contribution in [0.3, 0.4) is 0 Å². The monoisotopic (exact) mass is 300 g/mol. The second-order valence-corrected chi connectivity index (χ2v) is 6.23. The molecule has 122 valence electrons. The Balaban J connectivity index is 1.77. The fourth-order valence-corrected chi connectivity index (χ4v) is 2.84. The van der Waals surface area contributed by atoms with Crippen molar-refractivity contribution < 1.29 is 19.4 Å². The van der Waals surface area contributed by atoms with Gasteiger partial charge in [-0.25, -0.2) is 0 Å². The highest BCUT2D eigenvalue weighted by Crippen LogP contribution is 2.22. The van der Waals surface area contributed by atoms with E-state index < -0.39 is 12.2 Å². The van der Waals surface area contributed by atoms with Crippen molar-refractivity contribution in [2.24, 2.45) is 0 Å². The summed E-state index contributed by atoms with van der Waals surface area (Å²) in [5, 5.41) is 12.8. The van der Waals surface area contributed by atoms with Crippen molar-refractivity contribution in [1.29, 1.82) is 0 Å². The Morgan fingerprint density at radius 1 is 1.33 bits per heavy atom. The van der Waals surface area contributed by atoms with Crippen LogP contribution < -0.4 is 5.32 Å². The van der Waals surface area contributed by atoms with Gasteiger partial charge in [-0.3, -0.25) is 9.69 Å². The van der Waals surface area contributed by atoms with Crippen LogP contribution in [0, 0.1) is 0 Å². The SMILES string of the molecule is CC(C)NC(=O)[C@H]1O[C@H](CCN2CCOCC2)CC[C@@H]1O. The summed E-state index contributed by atoms with van der Waals surface area (Å²) in [6, 6.07) is 0.0574. The van der Waals surface area contributed by atoms with E-state index in [1.54, 1.807) is 0 Å². The van der Waals surface area contributed by atoms with Crippen LogP contribution >= 0.6 is 0 Å². The minimum atomic E-state index is -0.726. The third-order valence-electron chi connectivity index (χ3n) is 4.03. The van der Waals surface area contributed by atoms with Crippen LogP contribution in [0.5, 0.6) is 0 Å². The van der Waals surface area contributed by atoms with Crippen LogP contribution in [0.4, 0.5) is 0 Å². The van der Waals surface area contributed by atoms with Gasteiger partial charge in [-0.15, -0.1) is 0 Å². The first-order chi connectivity index (χ1) is 10.1. The lowest BCUT2D eigenvalue weighted by molar-refractivity contribution is -0.159. The van der Waals surface area contributed by atoms with Gasteiger partial charge in [0.05, 0.1) is 25.4 Å². The third-order valence-corrected chi connectivity index (χ3v) is 4.03. The van der Waals surface area contributed by atoms with Crippen molar-refractivity contribution in [2.45, 2.75) is 57.5 Å². The molecule has 2 heterocycles. The predicted octanol–water partition coefficient (Wildman–Crippen LogP) is 0.142. The van der Waals surface area contributed by atoms with E-state index in [4.69, 9.17) is 9.47 Å². The van der Waals surface area contributed by atoms with Gasteiger partial charge in [0.2, 0.25) is 0 Å². The number of carbonyl (C=O) groups is 1. The number of morpholine rings is 1. The van der Waals surface area contributed by atoms with Crippen LogP contribution in [0.15, 0.2) is 0 Å². The molecule has 0 aromatic rings. The van der Waals surface area contributed by atoms with E-state index in [0.717, 1.165) is 45.7 Å². The molecule has 2 fully saturated rings. The predicted molar refractivity (Wildman–Crippen MR) is 79.1 cm³/mol. The summed E-state index contributed by atoms with van der Waals surface area (Å²) in [6.07, 6.45) is 0.984. The zero-order chi connectivity index (χ0) is 15.2. The van der Waals surface area contributed by atoms with Crippen molar-refractivity contribution in [1.82, 2.24) is 10.2 Å². The lowest BCUT2D eigenvalue weighted by atomic mass is 9.98. The minimum Gasteiger partial charge on any atom is -0.390 e. The van der Waals surface area contributed by atoms with Crippen molar-refractivity contribution in [2.75, 3.05) is 32.8 Å². The molecular weight excluding hydrogens is 272 g/mol. The molecule has 6 heteroatoms. The Morgan fingerprint density at radius 2 is 2.05 bits per heavy atom. The molecule has 2 N–H and O–H groups in total. The molecule has 0 bridgehead atoms. The van der Waals surface area contributed by atoms with Gasteiger partial charge < -0.3 is 19.9 Å². The fraction of sp³-hybridized carbons (Fsp3) is 0.933. The number of nitrogens with zero attached hydrogens (tertiary/aromatic N) is 1. The van der Waals surface area contributed by atoms with Gasteiger partial charge in [0.1, 0.15) is 0 Å². The number of hydrogen-bond acceptors (Lipinski definition) is 5. The number of ether oxygens (including phenoxy) is 2. The van der Waals surface area contributed by atoms with E-state index in [-0.39, 0.29) is 18.1 Å². The zero-order valence-corrected chi connectivity index (χ0v) is 13.1. The highest BCUT2D eigenvalue weighted by Gasteiger charge is 2.35. The summed E-state index contributed by atoms with van der Waals surface area (Å²) < 4.78 is 11.2. The van der Waals surface area contributed by atoms with Crippen molar-refractivity contribution >= 4 is 5.91 Å². The summed E-state index contributed by atoms with van der Waals surface area (Å²) in [5.41, 5.74) is 0. The largest absolute Gasteiger partial charge is 0.390 e. The third kappa shape index (κ3) is 5.21. The van der Waals surface area contributed by atoms with Gasteiger partial charge in [0.15, 0.2) is 6.10 Å². The molecule has 0 unspecified atom stereocenters. The Labute approximate surface area is 126 Å². The van der Waals surface area contributed by atoms with Crippen LogP contribution in [0.2, 0.25) is 0 Å². The molecule has 2 rings (SSSR count). The Bertz CT molecular complexity index is 332. The first-order valence-corrected chi connectivity index (χ1v) is 8.00. The smallest absolute Gasteiger partial charge is 0.252 e. The highest BCUT2D eigenvalue weighted by molar-refractivity contribution is 5.81. The average Bonchev–Trinajstić information content (AvgIpc) is 2.46. The number of aliphatic hydroxyl groups excluding tert-OH is 1. The van der Waals surface area contributed by atoms with Crippen molar-refractivity contribution in [3.63, 3.8) is 0 Å². The van der Waals surface area contributed by atoms with Crippen LogP contribution in [-0.4, -0.2) is 73.1 Å². The quantitative estimate of drug-likeness (QED) is 0.756. The number of aliphatic hydroxyl groups is 1. The lowest BCUT2D eigenvalue weighted by Crippen LogP contribution is -2.51. The molecule has 0 saturated carbocycles. The van der Waals surface area contributed by atoms with Crippen LogP contribution in [0.25, 0.3) is 0 Å². The van der Waals surface area contributed by atoms with Crippen molar-refractivity contribution in [3.05, 3.63) is 0 Å². The number of nitrogens with one attached hydrogen (secondary N) is 1. The molecule has 0 spiro atoms. The molecule has 2 aliphatic heterocycles. The summed E-state index contributed by atoms with van der Waals surface area (Å²) >= 11 is 0. The van der Waals surface area contributed by atoms with Gasteiger partial charge in [0, 0.05) is 25.7 Å². The molecule has 21 heavy (non-hydrogen) atoms. The van der Waals surface area contributed by atoms with Crippen molar-refractivity contribution in [3.8, 4) is 0 Å². The van der Waals surface area contributed by atoms with Crippen LogP contribution in [0.1, 0.15) is 33.1 Å². The molecule has 0 aromatic carbocycles. The number of hydrogen-bond donors (Lipinski definition) is 2. The maximum atomic E-state index is 12.0. The second kappa shape index (κ2) is 8.08. The van der Waals surface area contributed by atoms with Gasteiger partial charge in [-0.2, -0.15) is 0 Å². The summed E-state index contributed by atoms with van der Waals surface area (Å²) in [6.45, 7) is 8.29. The molecule has 6 nitrogen and oxygen atoms in total. The van der Waals surface area contributed by atoms with E-state index in [2.05, 4.69) is 10.2 Å². The Kier molecular flexibility index (Phi) is 6.41. The standard InChI is InChI=1S/C15H28N2O4/c1-11(2)16-15(19)14-13(18)4-3-12(21-14)5-6-17-7-9-20-10-8-17/h11-14,18H,3-10H2,1-2H3,(H,16,19)/t12-,13-,14-/m0/s1. The first kappa shape index (κ1) is 16.7. The molecule has 1 amide bonds. The Morgan fingerprint density at radius 3 is 2.71 bits per heavy atom. The summed E-state index contributed by atoms with van der Waals surface area (Å²) in [5.74, 6) is -0.200. The van der Waals surface area contributed by atoms with E-state index >= 15 is 0 Å². The molecule has 0 aliphatic carbocycles. The summed E-state index contributed by atoms with van der Waals surface area (Å²) in [4.78, 5) is 14.4. The van der Waals surface area contributed by atoms with E-state index in [1.807, 2.05) is 13.8 Å². The average molecular weight is 300 g/mol. The molecule has 2 aliphatic rings. The van der Waals surface area contributed by atoms with Crippen LogP contribution in [-0.2, 0) is 14.3 Å². The van der Waals surface area contributed by atoms with Gasteiger partial charge in [-0.1, -0.05) is 0 Å². The van der Waals surface area contributed by atoms with E-state index in [1.165, 1.54) is 0 Å². The molecule has 0 radical (unpaired) electrons.